The number of hydrogen-bond donors (Lipinski definition) is 0. The summed E-state index contributed by atoms with van der Waals surface area (Å²) in [5, 5.41) is 0. The minimum atomic E-state index is -0.312. The molecule has 0 unspecified atom stereocenters. The Bertz CT molecular complexity index is 1030. The van der Waals surface area contributed by atoms with Crippen molar-refractivity contribution in [2.45, 2.75) is 26.2 Å². The van der Waals surface area contributed by atoms with Crippen LogP contribution in [0.1, 0.15) is 35.2 Å². The fraction of sp³-hybridized carbons (Fsp3) is 0.292. The van der Waals surface area contributed by atoms with Gasteiger partial charge in [-0.2, -0.15) is 0 Å². The molecule has 0 radical (unpaired) electrons. The quantitative estimate of drug-likeness (QED) is 0.615. The Morgan fingerprint density at radius 1 is 1.00 bits per heavy atom. The van der Waals surface area contributed by atoms with Gasteiger partial charge in [0.25, 0.3) is 5.91 Å². The van der Waals surface area contributed by atoms with Gasteiger partial charge in [-0.05, 0) is 62.6 Å². The van der Waals surface area contributed by atoms with E-state index in [1.165, 1.54) is 12.1 Å². The maximum absolute atomic E-state index is 13.3. The van der Waals surface area contributed by atoms with Crippen molar-refractivity contribution in [3.63, 3.8) is 0 Å². The molecular formula is C24H25FN4O. The average Bonchev–Trinajstić information content (AvgIpc) is 2.79. The minimum absolute atomic E-state index is 0.0469. The Hall–Kier alpha value is -3.28. The first-order valence-corrected chi connectivity index (χ1v) is 10.3. The average molecular weight is 404 g/mol. The van der Waals surface area contributed by atoms with Crippen molar-refractivity contribution in [2.75, 3.05) is 25.0 Å². The molecule has 5 nitrogen and oxygen atoms in total. The first kappa shape index (κ1) is 20.0. The van der Waals surface area contributed by atoms with E-state index in [-0.39, 0.29) is 11.7 Å². The predicted molar refractivity (Wildman–Crippen MR) is 116 cm³/mol. The summed E-state index contributed by atoms with van der Waals surface area (Å²) in [7, 11) is 1.90. The molecule has 2 heterocycles. The van der Waals surface area contributed by atoms with Crippen LogP contribution in [0.15, 0.2) is 54.7 Å². The third-order valence-corrected chi connectivity index (χ3v) is 5.48. The molecule has 1 fully saturated rings. The molecular weight excluding hydrogens is 379 g/mol. The molecule has 1 aliphatic heterocycles. The third kappa shape index (κ3) is 4.17. The van der Waals surface area contributed by atoms with E-state index in [9.17, 15) is 9.18 Å². The van der Waals surface area contributed by atoms with Crippen molar-refractivity contribution in [3.8, 4) is 11.4 Å². The molecule has 0 atom stereocenters. The lowest BCUT2D eigenvalue weighted by Gasteiger charge is -2.29. The van der Waals surface area contributed by atoms with Crippen molar-refractivity contribution in [1.29, 1.82) is 0 Å². The van der Waals surface area contributed by atoms with Gasteiger partial charge < -0.3 is 9.80 Å². The SMILES string of the molecule is Cc1ccc(N(C)c2nc(-c3ccc(F)cc3)ncc2C(=O)N2CCCCC2)cc1. The number of carbonyl (C=O) groups is 1. The second-order valence-electron chi connectivity index (χ2n) is 7.69. The van der Waals surface area contributed by atoms with Crippen LogP contribution in [0.3, 0.4) is 0 Å². The first-order valence-electron chi connectivity index (χ1n) is 10.3. The number of piperidine rings is 1. The highest BCUT2D eigenvalue weighted by Crippen LogP contribution is 2.29. The van der Waals surface area contributed by atoms with E-state index in [2.05, 4.69) is 4.98 Å². The Labute approximate surface area is 176 Å². The largest absolute Gasteiger partial charge is 0.338 e. The molecule has 3 aromatic rings. The van der Waals surface area contributed by atoms with Crippen LogP contribution in [-0.2, 0) is 0 Å². The van der Waals surface area contributed by atoms with Gasteiger partial charge in [-0.3, -0.25) is 4.79 Å². The summed E-state index contributed by atoms with van der Waals surface area (Å²) < 4.78 is 13.3. The Morgan fingerprint density at radius 3 is 2.33 bits per heavy atom. The molecule has 30 heavy (non-hydrogen) atoms. The lowest BCUT2D eigenvalue weighted by atomic mass is 10.1. The minimum Gasteiger partial charge on any atom is -0.338 e. The molecule has 1 aliphatic rings. The smallest absolute Gasteiger partial charge is 0.259 e. The van der Waals surface area contributed by atoms with Gasteiger partial charge in [0.1, 0.15) is 17.2 Å². The Kier molecular flexibility index (Phi) is 5.74. The zero-order chi connectivity index (χ0) is 21.1. The lowest BCUT2D eigenvalue weighted by Crippen LogP contribution is -2.36. The number of aromatic nitrogens is 2. The van der Waals surface area contributed by atoms with E-state index < -0.39 is 0 Å². The van der Waals surface area contributed by atoms with Gasteiger partial charge in [0.15, 0.2) is 5.82 Å². The van der Waals surface area contributed by atoms with Crippen molar-refractivity contribution in [1.82, 2.24) is 14.9 Å². The molecule has 1 amide bonds. The van der Waals surface area contributed by atoms with E-state index in [4.69, 9.17) is 4.98 Å². The van der Waals surface area contributed by atoms with Gasteiger partial charge in [-0.1, -0.05) is 17.7 Å². The van der Waals surface area contributed by atoms with Crippen molar-refractivity contribution in [2.24, 2.45) is 0 Å². The highest BCUT2D eigenvalue weighted by molar-refractivity contribution is 5.99. The molecule has 1 aromatic heterocycles. The summed E-state index contributed by atoms with van der Waals surface area (Å²) in [6.07, 6.45) is 4.79. The van der Waals surface area contributed by atoms with Gasteiger partial charge in [-0.15, -0.1) is 0 Å². The number of aryl methyl sites for hydroxylation is 1. The van der Waals surface area contributed by atoms with Gasteiger partial charge in [0.2, 0.25) is 0 Å². The van der Waals surface area contributed by atoms with Crippen LogP contribution in [0.4, 0.5) is 15.9 Å². The highest BCUT2D eigenvalue weighted by atomic mass is 19.1. The third-order valence-electron chi connectivity index (χ3n) is 5.48. The summed E-state index contributed by atoms with van der Waals surface area (Å²) in [4.78, 5) is 26.2. The number of nitrogens with zero attached hydrogens (tertiary/aromatic N) is 4. The second kappa shape index (κ2) is 8.61. The van der Waals surface area contributed by atoms with E-state index in [0.29, 0.717) is 22.8 Å². The topological polar surface area (TPSA) is 49.3 Å². The summed E-state index contributed by atoms with van der Waals surface area (Å²) in [5.74, 6) is 0.643. The molecule has 0 aliphatic carbocycles. The first-order chi connectivity index (χ1) is 14.5. The van der Waals surface area contributed by atoms with Gasteiger partial charge >= 0.3 is 0 Å². The van der Waals surface area contributed by atoms with E-state index in [1.807, 2.05) is 48.0 Å². The number of rotatable bonds is 4. The second-order valence-corrected chi connectivity index (χ2v) is 7.69. The van der Waals surface area contributed by atoms with Gasteiger partial charge in [0, 0.05) is 37.6 Å². The number of anilines is 2. The molecule has 154 valence electrons. The summed E-state index contributed by atoms with van der Waals surface area (Å²) in [6.45, 7) is 3.55. The Morgan fingerprint density at radius 2 is 1.67 bits per heavy atom. The lowest BCUT2D eigenvalue weighted by molar-refractivity contribution is 0.0724. The van der Waals surface area contributed by atoms with Crippen molar-refractivity contribution < 1.29 is 9.18 Å². The number of benzene rings is 2. The predicted octanol–water partition coefficient (Wildman–Crippen LogP) is 4.99. The van der Waals surface area contributed by atoms with E-state index in [0.717, 1.165) is 43.6 Å². The van der Waals surface area contributed by atoms with Crippen LogP contribution in [0.25, 0.3) is 11.4 Å². The zero-order valence-corrected chi connectivity index (χ0v) is 17.3. The molecule has 0 spiro atoms. The molecule has 1 saturated heterocycles. The number of halogens is 1. The number of likely N-dealkylation sites (tertiary alicyclic amines) is 1. The van der Waals surface area contributed by atoms with Crippen LogP contribution < -0.4 is 4.90 Å². The fourth-order valence-corrected chi connectivity index (χ4v) is 3.68. The fourth-order valence-electron chi connectivity index (χ4n) is 3.68. The van der Waals surface area contributed by atoms with E-state index >= 15 is 0 Å². The molecule has 0 bridgehead atoms. The molecule has 4 rings (SSSR count). The number of amides is 1. The Balaban J connectivity index is 1.77. The molecule has 6 heteroatoms. The normalized spacial score (nSPS) is 13.9. The van der Waals surface area contributed by atoms with Crippen LogP contribution in [0, 0.1) is 12.7 Å². The molecule has 2 aromatic carbocycles. The maximum Gasteiger partial charge on any atom is 0.259 e. The monoisotopic (exact) mass is 404 g/mol. The highest BCUT2D eigenvalue weighted by Gasteiger charge is 2.25. The van der Waals surface area contributed by atoms with Crippen LogP contribution in [0.5, 0.6) is 0 Å². The summed E-state index contributed by atoms with van der Waals surface area (Å²) >= 11 is 0. The number of hydrogen-bond acceptors (Lipinski definition) is 4. The zero-order valence-electron chi connectivity index (χ0n) is 17.3. The molecule has 0 N–H and O–H groups in total. The van der Waals surface area contributed by atoms with E-state index in [1.54, 1.807) is 18.3 Å². The standard InChI is InChI=1S/C24H25FN4O/c1-17-6-12-20(13-7-17)28(2)23-21(24(30)29-14-4-3-5-15-29)16-26-22(27-23)18-8-10-19(25)11-9-18/h6-13,16H,3-5,14-15H2,1-2H3. The maximum atomic E-state index is 13.3. The van der Waals surface area contributed by atoms with Gasteiger partial charge in [0.05, 0.1) is 0 Å². The van der Waals surface area contributed by atoms with Gasteiger partial charge in [-0.25, -0.2) is 14.4 Å². The van der Waals surface area contributed by atoms with Crippen molar-refractivity contribution >= 4 is 17.4 Å². The summed E-state index contributed by atoms with van der Waals surface area (Å²) in [6, 6.07) is 14.1. The van der Waals surface area contributed by atoms with Crippen LogP contribution in [-0.4, -0.2) is 40.9 Å². The van der Waals surface area contributed by atoms with Crippen molar-refractivity contribution in [3.05, 3.63) is 71.7 Å². The molecule has 0 saturated carbocycles. The van der Waals surface area contributed by atoms with Crippen LogP contribution >= 0.6 is 0 Å². The summed E-state index contributed by atoms with van der Waals surface area (Å²) in [5.41, 5.74) is 3.27. The van der Waals surface area contributed by atoms with Crippen LogP contribution in [0.2, 0.25) is 0 Å². The number of carbonyl (C=O) groups excluding carboxylic acids is 1.